The first-order chi connectivity index (χ1) is 6.63. The predicted octanol–water partition coefficient (Wildman–Crippen LogP) is 3.01. The Morgan fingerprint density at radius 3 is 2.79 bits per heavy atom. The fourth-order valence-corrected chi connectivity index (χ4v) is 1.07. The second kappa shape index (κ2) is 5.17. The molecule has 0 aliphatic heterocycles. The van der Waals surface area contributed by atoms with Crippen LogP contribution in [0.5, 0.6) is 5.75 Å². The normalized spacial score (nSPS) is 9.93. The molecular weight excluding hydrogens is 230 g/mol. The molecule has 0 aliphatic carbocycles. The highest BCUT2D eigenvalue weighted by atomic mass is 35.5. The van der Waals surface area contributed by atoms with Gasteiger partial charge in [0.15, 0.2) is 0 Å². The fraction of sp³-hybridized carbons (Fsp3) is 0.222. The number of carbonyl (C=O) groups is 1. The molecule has 14 heavy (non-hydrogen) atoms. The quantitative estimate of drug-likeness (QED) is 0.458. The van der Waals surface area contributed by atoms with Crippen LogP contribution < -0.4 is 4.74 Å². The van der Waals surface area contributed by atoms with Gasteiger partial charge in [-0.25, -0.2) is 4.39 Å². The van der Waals surface area contributed by atoms with Crippen molar-refractivity contribution >= 4 is 29.2 Å². The monoisotopic (exact) mass is 236 g/mol. The van der Waals surface area contributed by atoms with Crippen LogP contribution in [0.15, 0.2) is 18.2 Å². The van der Waals surface area contributed by atoms with Crippen LogP contribution in [0, 0.1) is 5.82 Å². The molecule has 76 valence electrons. The third-order valence-corrected chi connectivity index (χ3v) is 1.92. The summed E-state index contributed by atoms with van der Waals surface area (Å²) in [5.41, 5.74) is 0. The van der Waals surface area contributed by atoms with Gasteiger partial charge in [0.1, 0.15) is 11.6 Å². The number of esters is 1. The van der Waals surface area contributed by atoms with E-state index in [0.29, 0.717) is 0 Å². The van der Waals surface area contributed by atoms with E-state index in [0.717, 1.165) is 6.07 Å². The first-order valence-electron chi connectivity index (χ1n) is 3.85. The zero-order valence-corrected chi connectivity index (χ0v) is 8.61. The second-order valence-corrected chi connectivity index (χ2v) is 3.27. The molecule has 0 unspecified atom stereocenters. The Bertz CT molecular complexity index is 342. The molecule has 0 heterocycles. The van der Waals surface area contributed by atoms with Crippen LogP contribution in [0.3, 0.4) is 0 Å². The summed E-state index contributed by atoms with van der Waals surface area (Å²) < 4.78 is 17.6. The zero-order chi connectivity index (χ0) is 10.6. The van der Waals surface area contributed by atoms with Gasteiger partial charge in [0, 0.05) is 11.9 Å². The molecule has 0 atom stereocenters. The summed E-state index contributed by atoms with van der Waals surface area (Å²) in [6.07, 6.45) is 0.0891. The van der Waals surface area contributed by atoms with Gasteiger partial charge < -0.3 is 4.74 Å². The van der Waals surface area contributed by atoms with Crippen molar-refractivity contribution in [1.82, 2.24) is 0 Å². The van der Waals surface area contributed by atoms with E-state index in [9.17, 15) is 9.18 Å². The fourth-order valence-electron chi connectivity index (χ4n) is 0.800. The first-order valence-corrected chi connectivity index (χ1v) is 4.76. The van der Waals surface area contributed by atoms with Crippen molar-refractivity contribution in [2.75, 3.05) is 5.88 Å². The molecule has 5 heteroatoms. The Balaban J connectivity index is 2.68. The van der Waals surface area contributed by atoms with Crippen molar-refractivity contribution in [3.05, 3.63) is 29.0 Å². The number of benzene rings is 1. The number of halogens is 3. The van der Waals surface area contributed by atoms with Crippen LogP contribution in [-0.2, 0) is 4.79 Å². The molecule has 1 rings (SSSR count). The van der Waals surface area contributed by atoms with Crippen molar-refractivity contribution in [1.29, 1.82) is 0 Å². The maximum Gasteiger partial charge on any atom is 0.312 e. The Morgan fingerprint density at radius 1 is 1.50 bits per heavy atom. The van der Waals surface area contributed by atoms with Gasteiger partial charge in [0.2, 0.25) is 0 Å². The first kappa shape index (κ1) is 11.3. The molecule has 0 radical (unpaired) electrons. The van der Waals surface area contributed by atoms with Gasteiger partial charge >= 0.3 is 5.97 Å². The van der Waals surface area contributed by atoms with Gasteiger partial charge in [-0.2, -0.15) is 0 Å². The number of ether oxygens (including phenoxy) is 1. The molecule has 0 saturated carbocycles. The Morgan fingerprint density at radius 2 is 2.21 bits per heavy atom. The van der Waals surface area contributed by atoms with Gasteiger partial charge in [0.25, 0.3) is 0 Å². The van der Waals surface area contributed by atoms with Crippen molar-refractivity contribution in [3.63, 3.8) is 0 Å². The van der Waals surface area contributed by atoms with E-state index in [1.165, 1.54) is 12.1 Å². The number of carbonyl (C=O) groups excluding carboxylic acids is 1. The summed E-state index contributed by atoms with van der Waals surface area (Å²) in [6.45, 7) is 0. The SMILES string of the molecule is O=C(CCCl)Oc1ccc(Cl)c(F)c1. The summed E-state index contributed by atoms with van der Waals surface area (Å²) in [5, 5.41) is -0.0119. The molecule has 0 fully saturated rings. The predicted molar refractivity (Wildman–Crippen MR) is 52.4 cm³/mol. The summed E-state index contributed by atoms with van der Waals surface area (Å²) in [4.78, 5) is 10.9. The van der Waals surface area contributed by atoms with Crippen LogP contribution in [0.4, 0.5) is 4.39 Å². The van der Waals surface area contributed by atoms with Crippen molar-refractivity contribution in [2.45, 2.75) is 6.42 Å². The summed E-state index contributed by atoms with van der Waals surface area (Å²) in [5.74, 6) is -0.818. The number of hydrogen-bond acceptors (Lipinski definition) is 2. The van der Waals surface area contributed by atoms with E-state index < -0.39 is 11.8 Å². The molecular formula is C9H7Cl2FO2. The van der Waals surface area contributed by atoms with Gasteiger partial charge in [-0.05, 0) is 12.1 Å². The van der Waals surface area contributed by atoms with E-state index in [1.807, 2.05) is 0 Å². The maximum atomic E-state index is 12.9. The summed E-state index contributed by atoms with van der Waals surface area (Å²) in [6, 6.07) is 3.78. The lowest BCUT2D eigenvalue weighted by atomic mass is 10.3. The molecule has 0 bridgehead atoms. The maximum absolute atomic E-state index is 12.9. The lowest BCUT2D eigenvalue weighted by molar-refractivity contribution is -0.133. The van der Waals surface area contributed by atoms with Gasteiger partial charge in [-0.15, -0.1) is 11.6 Å². The standard InChI is InChI=1S/C9H7Cl2FO2/c10-4-3-9(13)14-6-1-2-7(11)8(12)5-6/h1-2,5H,3-4H2. The van der Waals surface area contributed by atoms with Crippen molar-refractivity contribution in [2.24, 2.45) is 0 Å². The topological polar surface area (TPSA) is 26.3 Å². The summed E-state index contributed by atoms with van der Waals surface area (Å²) in [7, 11) is 0. The highest BCUT2D eigenvalue weighted by Crippen LogP contribution is 2.20. The van der Waals surface area contributed by atoms with Crippen LogP contribution in [0.25, 0.3) is 0 Å². The van der Waals surface area contributed by atoms with E-state index in [2.05, 4.69) is 0 Å². The average molecular weight is 237 g/mol. The minimum Gasteiger partial charge on any atom is -0.426 e. The molecule has 0 saturated heterocycles. The molecule has 1 aromatic carbocycles. The van der Waals surface area contributed by atoms with Crippen molar-refractivity contribution < 1.29 is 13.9 Å². The highest BCUT2D eigenvalue weighted by Gasteiger charge is 2.06. The molecule has 0 aromatic heterocycles. The molecule has 0 amide bonds. The minimum atomic E-state index is -0.622. The molecule has 0 aliphatic rings. The lowest BCUT2D eigenvalue weighted by Gasteiger charge is -2.03. The van der Waals surface area contributed by atoms with Crippen molar-refractivity contribution in [3.8, 4) is 5.75 Å². The highest BCUT2D eigenvalue weighted by molar-refractivity contribution is 6.30. The number of alkyl halides is 1. The van der Waals surface area contributed by atoms with Crippen LogP contribution >= 0.6 is 23.2 Å². The molecule has 2 nitrogen and oxygen atoms in total. The third kappa shape index (κ3) is 3.16. The van der Waals surface area contributed by atoms with E-state index in [1.54, 1.807) is 0 Å². The minimum absolute atomic E-state index is 0.0119. The van der Waals surface area contributed by atoms with Crippen LogP contribution in [0.2, 0.25) is 5.02 Å². The smallest absolute Gasteiger partial charge is 0.312 e. The van der Waals surface area contributed by atoms with Crippen LogP contribution in [0.1, 0.15) is 6.42 Å². The summed E-state index contributed by atoms with van der Waals surface area (Å²) >= 11 is 10.8. The largest absolute Gasteiger partial charge is 0.426 e. The Hall–Kier alpha value is -0.800. The number of hydrogen-bond donors (Lipinski definition) is 0. The second-order valence-electron chi connectivity index (χ2n) is 2.49. The average Bonchev–Trinajstić information content (AvgIpc) is 2.12. The Kier molecular flexibility index (Phi) is 4.17. The molecule has 0 N–H and O–H groups in total. The van der Waals surface area contributed by atoms with E-state index in [-0.39, 0.29) is 23.1 Å². The zero-order valence-electron chi connectivity index (χ0n) is 7.10. The van der Waals surface area contributed by atoms with E-state index in [4.69, 9.17) is 27.9 Å². The van der Waals surface area contributed by atoms with Gasteiger partial charge in [-0.1, -0.05) is 11.6 Å². The molecule has 0 spiro atoms. The van der Waals surface area contributed by atoms with Crippen LogP contribution in [-0.4, -0.2) is 11.8 Å². The number of rotatable bonds is 3. The van der Waals surface area contributed by atoms with Gasteiger partial charge in [0.05, 0.1) is 11.4 Å². The van der Waals surface area contributed by atoms with E-state index >= 15 is 0 Å². The Labute approximate surface area is 90.6 Å². The third-order valence-electron chi connectivity index (χ3n) is 1.42. The van der Waals surface area contributed by atoms with Gasteiger partial charge in [-0.3, -0.25) is 4.79 Å². The lowest BCUT2D eigenvalue weighted by Crippen LogP contribution is -2.08. The molecule has 1 aromatic rings.